The summed E-state index contributed by atoms with van der Waals surface area (Å²) in [5.74, 6) is -0.521. The van der Waals surface area contributed by atoms with Crippen LogP contribution in [0.2, 0.25) is 0 Å². The third-order valence-corrected chi connectivity index (χ3v) is 7.65. The van der Waals surface area contributed by atoms with E-state index in [9.17, 15) is 14.4 Å². The predicted octanol–water partition coefficient (Wildman–Crippen LogP) is 4.29. The number of benzene rings is 2. The van der Waals surface area contributed by atoms with Crippen LogP contribution in [0.3, 0.4) is 0 Å². The van der Waals surface area contributed by atoms with Crippen molar-refractivity contribution in [3.05, 3.63) is 52.4 Å². The van der Waals surface area contributed by atoms with Gasteiger partial charge in [-0.1, -0.05) is 29.8 Å². The van der Waals surface area contributed by atoms with Gasteiger partial charge in [-0.25, -0.2) is 0 Å². The maximum Gasteiger partial charge on any atom is 0.306 e. The van der Waals surface area contributed by atoms with Gasteiger partial charge in [-0.3, -0.25) is 14.4 Å². The van der Waals surface area contributed by atoms with Crippen molar-refractivity contribution >= 4 is 51.9 Å². The van der Waals surface area contributed by atoms with Crippen molar-refractivity contribution in [2.75, 3.05) is 13.1 Å². The average molecular weight is 503 g/mol. The molecule has 2 aromatic carbocycles. The Morgan fingerprint density at radius 2 is 1.71 bits per heavy atom. The third-order valence-electron chi connectivity index (χ3n) is 6.15. The summed E-state index contributed by atoms with van der Waals surface area (Å²) in [5.41, 5.74) is 0.543. The number of aliphatic carboxylic acids is 1. The minimum absolute atomic E-state index is 0.0269. The number of ether oxygens (including phenoxy) is 1. The second-order valence-corrected chi connectivity index (χ2v) is 10.4. The number of nitrogens with one attached hydrogen (secondary N) is 2. The number of hydrogen-bond acceptors (Lipinski definition) is 5. The molecular weight excluding hydrogens is 476 g/mol. The van der Waals surface area contributed by atoms with Crippen molar-refractivity contribution in [2.45, 2.75) is 43.5 Å². The van der Waals surface area contributed by atoms with E-state index in [0.717, 1.165) is 29.4 Å². The van der Waals surface area contributed by atoms with Gasteiger partial charge >= 0.3 is 5.97 Å². The topological polar surface area (TPSA) is 105 Å². The first-order valence-corrected chi connectivity index (χ1v) is 12.7. The largest absolute Gasteiger partial charge is 0.490 e. The number of fused-ring (bicyclic) bond motifs is 1. The molecule has 2 aromatic rings. The number of carboxylic acid groups (broad SMARTS) is 1. The lowest BCUT2D eigenvalue weighted by atomic mass is 9.87. The Morgan fingerprint density at radius 1 is 1.00 bits per heavy atom. The zero-order valence-corrected chi connectivity index (χ0v) is 20.2. The predicted molar refractivity (Wildman–Crippen MR) is 133 cm³/mol. The number of hydrogen-bond donors (Lipinski definition) is 3. The quantitative estimate of drug-likeness (QED) is 0.465. The van der Waals surface area contributed by atoms with Gasteiger partial charge in [0, 0.05) is 18.7 Å². The molecule has 3 N–H and O–H groups in total. The van der Waals surface area contributed by atoms with E-state index in [0.29, 0.717) is 42.3 Å². The highest BCUT2D eigenvalue weighted by Gasteiger charge is 2.27. The Hall–Kier alpha value is -2.71. The minimum atomic E-state index is -0.722. The van der Waals surface area contributed by atoms with Crippen molar-refractivity contribution < 1.29 is 24.2 Å². The highest BCUT2D eigenvalue weighted by atomic mass is 35.5. The van der Waals surface area contributed by atoms with Gasteiger partial charge in [0.1, 0.15) is 5.75 Å². The van der Waals surface area contributed by atoms with Crippen LogP contribution in [0.25, 0.3) is 10.8 Å². The Bertz CT molecular complexity index is 1110. The van der Waals surface area contributed by atoms with Crippen LogP contribution in [0.4, 0.5) is 0 Å². The number of rotatable bonds is 8. The number of allylic oxidation sites excluding steroid dienone is 1. The van der Waals surface area contributed by atoms with Gasteiger partial charge in [0.2, 0.25) is 5.91 Å². The van der Waals surface area contributed by atoms with Crippen molar-refractivity contribution in [1.29, 1.82) is 0 Å². The van der Waals surface area contributed by atoms with E-state index >= 15 is 0 Å². The molecule has 2 amide bonds. The van der Waals surface area contributed by atoms with Crippen LogP contribution in [-0.4, -0.2) is 47.3 Å². The highest BCUT2D eigenvalue weighted by Crippen LogP contribution is 2.34. The molecule has 2 aliphatic rings. The number of halogens is 1. The fraction of sp³-hybridized carbons (Fsp3) is 0.400. The van der Waals surface area contributed by atoms with E-state index in [1.807, 2.05) is 36.4 Å². The summed E-state index contributed by atoms with van der Waals surface area (Å²) in [6.45, 7) is 0.681. The fourth-order valence-corrected chi connectivity index (χ4v) is 5.49. The van der Waals surface area contributed by atoms with Crippen molar-refractivity contribution in [3.63, 3.8) is 0 Å². The zero-order valence-electron chi connectivity index (χ0n) is 18.6. The molecule has 34 heavy (non-hydrogen) atoms. The van der Waals surface area contributed by atoms with E-state index in [-0.39, 0.29) is 29.1 Å². The van der Waals surface area contributed by atoms with Crippen LogP contribution < -0.4 is 15.4 Å². The Morgan fingerprint density at radius 3 is 2.41 bits per heavy atom. The van der Waals surface area contributed by atoms with Gasteiger partial charge in [0.15, 0.2) is 0 Å². The van der Waals surface area contributed by atoms with Gasteiger partial charge in [-0.15, -0.1) is 11.8 Å². The molecule has 1 saturated carbocycles. The summed E-state index contributed by atoms with van der Waals surface area (Å²) in [6.07, 6.45) is 5.23. The smallest absolute Gasteiger partial charge is 0.306 e. The first-order chi connectivity index (χ1) is 16.4. The maximum atomic E-state index is 12.5. The molecule has 1 unspecified atom stereocenters. The molecule has 1 heterocycles. The fourth-order valence-electron chi connectivity index (χ4n) is 4.23. The highest BCUT2D eigenvalue weighted by molar-refractivity contribution is 8.06. The number of thioether (sulfide) groups is 1. The molecule has 1 aliphatic heterocycles. The van der Waals surface area contributed by atoms with E-state index in [2.05, 4.69) is 10.6 Å². The van der Waals surface area contributed by atoms with Crippen LogP contribution in [0, 0.1) is 5.92 Å². The maximum absolute atomic E-state index is 12.5. The van der Waals surface area contributed by atoms with Gasteiger partial charge in [0.25, 0.3) is 5.91 Å². The summed E-state index contributed by atoms with van der Waals surface area (Å²) in [6, 6.07) is 11.2. The summed E-state index contributed by atoms with van der Waals surface area (Å²) >= 11 is 7.24. The molecule has 1 atom stereocenters. The first-order valence-electron chi connectivity index (χ1n) is 11.4. The lowest BCUT2D eigenvalue weighted by Gasteiger charge is -2.26. The van der Waals surface area contributed by atoms with Crippen LogP contribution in [-0.2, 0) is 9.59 Å². The molecule has 0 radical (unpaired) electrons. The summed E-state index contributed by atoms with van der Waals surface area (Å²) < 4.78 is 6.72. The average Bonchev–Trinajstić information content (AvgIpc) is 3.28. The van der Waals surface area contributed by atoms with Gasteiger partial charge in [0.05, 0.1) is 21.6 Å². The summed E-state index contributed by atoms with van der Waals surface area (Å²) in [4.78, 5) is 35.7. The molecule has 9 heteroatoms. The van der Waals surface area contributed by atoms with Gasteiger partial charge in [-0.05, 0) is 67.1 Å². The number of amides is 2. The van der Waals surface area contributed by atoms with Crippen LogP contribution in [0.5, 0.6) is 5.75 Å². The first kappa shape index (κ1) is 24.4. The normalized spacial score (nSPS) is 22.1. The molecule has 180 valence electrons. The minimum Gasteiger partial charge on any atom is -0.490 e. The summed E-state index contributed by atoms with van der Waals surface area (Å²) in [7, 11) is 0. The second kappa shape index (κ2) is 11.1. The lowest BCUT2D eigenvalue weighted by molar-refractivity contribution is -0.143. The monoisotopic (exact) mass is 502 g/mol. The van der Waals surface area contributed by atoms with Crippen LogP contribution in [0.15, 0.2) is 46.8 Å². The van der Waals surface area contributed by atoms with E-state index in [1.165, 1.54) is 11.8 Å². The van der Waals surface area contributed by atoms with Crippen molar-refractivity contribution in [2.24, 2.45) is 5.92 Å². The Balaban J connectivity index is 1.25. The van der Waals surface area contributed by atoms with E-state index in [4.69, 9.17) is 21.4 Å². The van der Waals surface area contributed by atoms with E-state index < -0.39 is 5.97 Å². The molecule has 0 bridgehead atoms. The SMILES string of the molecule is O=C(NCCNC(=O)C1CC=C(Cl)S1)c1ccc2cc(OC3CCC(C(=O)O)CC3)ccc2c1. The van der Waals surface area contributed by atoms with E-state index in [1.54, 1.807) is 6.07 Å². The summed E-state index contributed by atoms with van der Waals surface area (Å²) in [5, 5.41) is 16.5. The molecule has 0 spiro atoms. The number of carbonyl (C=O) groups excluding carboxylic acids is 2. The molecule has 1 fully saturated rings. The number of carboxylic acids is 1. The van der Waals surface area contributed by atoms with Crippen LogP contribution >= 0.6 is 23.4 Å². The molecular formula is C25H27ClN2O5S. The standard InChI is InChI=1S/C25H27ClN2O5S/c26-22-10-9-21(34-22)24(30)28-12-11-27-23(29)18-2-1-17-14-20(8-5-16(17)13-18)33-19-6-3-15(4-7-19)25(31)32/h1-2,5,8,10,13-15,19,21H,3-4,6-7,9,11-12H2,(H,27,29)(H,28,30)(H,31,32). The molecule has 7 nitrogen and oxygen atoms in total. The zero-order chi connectivity index (χ0) is 24.1. The van der Waals surface area contributed by atoms with Gasteiger partial charge < -0.3 is 20.5 Å². The molecule has 0 aromatic heterocycles. The van der Waals surface area contributed by atoms with Crippen molar-refractivity contribution in [1.82, 2.24) is 10.6 Å². The third kappa shape index (κ3) is 6.24. The Labute approximate surface area is 207 Å². The Kier molecular flexibility index (Phi) is 8.00. The number of carbonyl (C=O) groups is 3. The van der Waals surface area contributed by atoms with Crippen molar-refractivity contribution in [3.8, 4) is 5.75 Å². The molecule has 1 aliphatic carbocycles. The van der Waals surface area contributed by atoms with Crippen LogP contribution in [0.1, 0.15) is 42.5 Å². The van der Waals surface area contributed by atoms with Gasteiger partial charge in [-0.2, -0.15) is 0 Å². The molecule has 4 rings (SSSR count). The lowest BCUT2D eigenvalue weighted by Crippen LogP contribution is -2.38. The molecule has 0 saturated heterocycles. The second-order valence-electron chi connectivity index (χ2n) is 8.55.